The molecule has 0 aromatic carbocycles. The number of rotatable bonds is 3. The van der Waals surface area contributed by atoms with E-state index in [-0.39, 0.29) is 17.9 Å². The minimum atomic E-state index is -0.129. The molecule has 4 heterocycles. The van der Waals surface area contributed by atoms with Crippen molar-refractivity contribution in [3.05, 3.63) is 41.8 Å². The smallest absolute Gasteiger partial charge is 0.256 e. The standard InChI is InChI=1S/C17H19N5O2/c1-10(2)16-20-15(21-24-16)13-4-3-7-22(13)17(23)12-8-11-5-6-18-14(11)19-9-12/h5-6,8-10,13H,3-4,7H2,1-2H3,(H,18,19). The second-order valence-electron chi connectivity index (χ2n) is 6.44. The summed E-state index contributed by atoms with van der Waals surface area (Å²) in [6.07, 6.45) is 5.22. The zero-order valence-electron chi connectivity index (χ0n) is 13.7. The number of pyridine rings is 1. The number of aromatic nitrogens is 4. The number of fused-ring (bicyclic) bond motifs is 1. The molecule has 3 aromatic rings. The van der Waals surface area contributed by atoms with Crippen LogP contribution >= 0.6 is 0 Å². The predicted molar refractivity (Wildman–Crippen MR) is 87.5 cm³/mol. The van der Waals surface area contributed by atoms with Crippen molar-refractivity contribution in [1.29, 1.82) is 0 Å². The van der Waals surface area contributed by atoms with Crippen LogP contribution < -0.4 is 0 Å². The maximum atomic E-state index is 12.9. The summed E-state index contributed by atoms with van der Waals surface area (Å²) in [6, 6.07) is 3.65. The van der Waals surface area contributed by atoms with Crippen molar-refractivity contribution in [3.63, 3.8) is 0 Å². The van der Waals surface area contributed by atoms with Crippen molar-refractivity contribution < 1.29 is 9.32 Å². The molecule has 1 unspecified atom stereocenters. The molecule has 4 rings (SSSR count). The Labute approximate surface area is 139 Å². The topological polar surface area (TPSA) is 87.9 Å². The molecule has 1 amide bonds. The average Bonchev–Trinajstić information content (AvgIpc) is 3.31. The monoisotopic (exact) mass is 325 g/mol. The third-order valence-corrected chi connectivity index (χ3v) is 4.41. The van der Waals surface area contributed by atoms with E-state index in [4.69, 9.17) is 4.52 Å². The Balaban J connectivity index is 1.62. The Morgan fingerprint density at radius 2 is 2.33 bits per heavy atom. The van der Waals surface area contributed by atoms with Gasteiger partial charge in [0.2, 0.25) is 5.89 Å². The van der Waals surface area contributed by atoms with Crippen LogP contribution in [0.25, 0.3) is 11.0 Å². The predicted octanol–water partition coefficient (Wildman–Crippen LogP) is 3.05. The molecule has 1 saturated heterocycles. The lowest BCUT2D eigenvalue weighted by Gasteiger charge is -2.22. The second kappa shape index (κ2) is 5.74. The molecule has 0 aliphatic carbocycles. The van der Waals surface area contributed by atoms with Gasteiger partial charge in [0.05, 0.1) is 11.6 Å². The maximum absolute atomic E-state index is 12.9. The van der Waals surface area contributed by atoms with E-state index >= 15 is 0 Å². The average molecular weight is 325 g/mol. The van der Waals surface area contributed by atoms with Crippen molar-refractivity contribution in [3.8, 4) is 0 Å². The maximum Gasteiger partial charge on any atom is 0.256 e. The number of hydrogen-bond donors (Lipinski definition) is 1. The van der Waals surface area contributed by atoms with Crippen LogP contribution in [0.4, 0.5) is 0 Å². The normalized spacial score (nSPS) is 18.0. The van der Waals surface area contributed by atoms with Crippen molar-refractivity contribution in [2.45, 2.75) is 38.6 Å². The molecule has 124 valence electrons. The molecule has 1 aliphatic heterocycles. The fourth-order valence-corrected chi connectivity index (χ4v) is 3.12. The molecule has 1 atom stereocenters. The third kappa shape index (κ3) is 2.46. The van der Waals surface area contributed by atoms with Crippen molar-refractivity contribution in [2.24, 2.45) is 0 Å². The first-order valence-corrected chi connectivity index (χ1v) is 8.21. The Hall–Kier alpha value is -2.70. The van der Waals surface area contributed by atoms with E-state index in [1.165, 1.54) is 0 Å². The first-order valence-electron chi connectivity index (χ1n) is 8.21. The lowest BCUT2D eigenvalue weighted by Crippen LogP contribution is -2.31. The molecule has 1 fully saturated rings. The van der Waals surface area contributed by atoms with Gasteiger partial charge >= 0.3 is 0 Å². The van der Waals surface area contributed by atoms with Crippen LogP contribution in [-0.2, 0) is 0 Å². The SMILES string of the molecule is CC(C)c1nc(C2CCCN2C(=O)c2cnc3[nH]ccc3c2)no1. The van der Waals surface area contributed by atoms with Crippen LogP contribution in [0.2, 0.25) is 0 Å². The zero-order chi connectivity index (χ0) is 16.7. The van der Waals surface area contributed by atoms with Gasteiger partial charge in [-0.25, -0.2) is 4.98 Å². The van der Waals surface area contributed by atoms with Gasteiger partial charge in [-0.1, -0.05) is 19.0 Å². The van der Waals surface area contributed by atoms with Crippen molar-refractivity contribution >= 4 is 16.9 Å². The van der Waals surface area contributed by atoms with Crippen LogP contribution in [0.3, 0.4) is 0 Å². The minimum Gasteiger partial charge on any atom is -0.346 e. The zero-order valence-corrected chi connectivity index (χ0v) is 13.7. The van der Waals surface area contributed by atoms with Crippen LogP contribution in [0.1, 0.15) is 60.7 Å². The summed E-state index contributed by atoms with van der Waals surface area (Å²) in [5.41, 5.74) is 1.37. The summed E-state index contributed by atoms with van der Waals surface area (Å²) >= 11 is 0. The first-order chi connectivity index (χ1) is 11.6. The third-order valence-electron chi connectivity index (χ3n) is 4.41. The number of carbonyl (C=O) groups excluding carboxylic acids is 1. The van der Waals surface area contributed by atoms with Crippen LogP contribution in [-0.4, -0.2) is 37.5 Å². The summed E-state index contributed by atoms with van der Waals surface area (Å²) in [7, 11) is 0. The number of amides is 1. The van der Waals surface area contributed by atoms with Gasteiger partial charge in [-0.2, -0.15) is 4.98 Å². The molecule has 1 N–H and O–H groups in total. The van der Waals surface area contributed by atoms with E-state index in [0.29, 0.717) is 23.8 Å². The van der Waals surface area contributed by atoms with E-state index in [9.17, 15) is 4.79 Å². The molecule has 0 saturated carbocycles. The highest BCUT2D eigenvalue weighted by Gasteiger charge is 2.34. The van der Waals surface area contributed by atoms with Gasteiger partial charge < -0.3 is 14.4 Å². The lowest BCUT2D eigenvalue weighted by atomic mass is 10.1. The highest BCUT2D eigenvalue weighted by Crippen LogP contribution is 2.32. The van der Waals surface area contributed by atoms with Gasteiger partial charge in [-0.05, 0) is 25.0 Å². The van der Waals surface area contributed by atoms with Gasteiger partial charge in [-0.3, -0.25) is 4.79 Å². The second-order valence-corrected chi connectivity index (χ2v) is 6.44. The fourth-order valence-electron chi connectivity index (χ4n) is 3.12. The Kier molecular flexibility index (Phi) is 3.55. The summed E-state index contributed by atoms with van der Waals surface area (Å²) in [6.45, 7) is 4.71. The summed E-state index contributed by atoms with van der Waals surface area (Å²) < 4.78 is 5.30. The van der Waals surface area contributed by atoms with Gasteiger partial charge in [0.1, 0.15) is 5.65 Å². The van der Waals surface area contributed by atoms with E-state index < -0.39 is 0 Å². The van der Waals surface area contributed by atoms with Gasteiger partial charge in [-0.15, -0.1) is 0 Å². The van der Waals surface area contributed by atoms with Gasteiger partial charge in [0, 0.05) is 30.2 Å². The van der Waals surface area contributed by atoms with Crippen molar-refractivity contribution in [2.75, 3.05) is 6.54 Å². The van der Waals surface area contributed by atoms with Crippen molar-refractivity contribution in [1.82, 2.24) is 25.0 Å². The fraction of sp³-hybridized carbons (Fsp3) is 0.412. The number of carbonyl (C=O) groups is 1. The molecular formula is C17H19N5O2. The van der Waals surface area contributed by atoms with Crippen LogP contribution in [0.15, 0.2) is 29.0 Å². The van der Waals surface area contributed by atoms with Crippen LogP contribution in [0, 0.1) is 0 Å². The number of hydrogen-bond acceptors (Lipinski definition) is 5. The highest BCUT2D eigenvalue weighted by molar-refractivity contribution is 5.97. The molecule has 3 aromatic heterocycles. The molecule has 24 heavy (non-hydrogen) atoms. The Bertz CT molecular complexity index is 882. The van der Waals surface area contributed by atoms with E-state index in [2.05, 4.69) is 20.1 Å². The summed E-state index contributed by atoms with van der Waals surface area (Å²) in [5, 5.41) is 5.02. The molecule has 0 bridgehead atoms. The Morgan fingerprint density at radius 3 is 3.12 bits per heavy atom. The molecule has 0 spiro atoms. The quantitative estimate of drug-likeness (QED) is 0.799. The number of H-pyrrole nitrogens is 1. The summed E-state index contributed by atoms with van der Waals surface area (Å²) in [5.74, 6) is 1.35. The molecule has 7 heteroatoms. The number of aromatic amines is 1. The van der Waals surface area contributed by atoms with E-state index in [1.807, 2.05) is 37.1 Å². The van der Waals surface area contributed by atoms with Gasteiger partial charge in [0.15, 0.2) is 5.82 Å². The lowest BCUT2D eigenvalue weighted by molar-refractivity contribution is 0.0728. The number of nitrogens with one attached hydrogen (secondary N) is 1. The number of likely N-dealkylation sites (tertiary alicyclic amines) is 1. The van der Waals surface area contributed by atoms with E-state index in [1.54, 1.807) is 6.20 Å². The minimum absolute atomic E-state index is 0.0380. The summed E-state index contributed by atoms with van der Waals surface area (Å²) in [4.78, 5) is 26.6. The van der Waals surface area contributed by atoms with Gasteiger partial charge in [0.25, 0.3) is 5.91 Å². The molecule has 1 aliphatic rings. The molecular weight excluding hydrogens is 306 g/mol. The molecule has 7 nitrogen and oxygen atoms in total. The van der Waals surface area contributed by atoms with E-state index in [0.717, 1.165) is 23.9 Å². The number of nitrogens with zero attached hydrogens (tertiary/aromatic N) is 4. The first kappa shape index (κ1) is 14.9. The van der Waals surface area contributed by atoms with Crippen LogP contribution in [0.5, 0.6) is 0 Å². The largest absolute Gasteiger partial charge is 0.346 e. The molecule has 0 radical (unpaired) electrons. The Morgan fingerprint density at radius 1 is 1.46 bits per heavy atom. The highest BCUT2D eigenvalue weighted by atomic mass is 16.5.